The lowest BCUT2D eigenvalue weighted by molar-refractivity contribution is 0.169. The average molecular weight is 239 g/mol. The van der Waals surface area contributed by atoms with Crippen molar-refractivity contribution in [1.29, 1.82) is 0 Å². The summed E-state index contributed by atoms with van der Waals surface area (Å²) in [5.74, 6) is 1.46. The van der Waals surface area contributed by atoms with E-state index in [9.17, 15) is 0 Å². The van der Waals surface area contributed by atoms with Gasteiger partial charge in [0.05, 0.1) is 0 Å². The quantitative estimate of drug-likeness (QED) is 0.816. The fraction of sp³-hybridized carbons (Fsp3) is 0.833. The second-order valence-corrected chi connectivity index (χ2v) is 6.93. The van der Waals surface area contributed by atoms with Gasteiger partial charge in [-0.1, -0.05) is 32.1 Å². The maximum atomic E-state index is 5.63. The van der Waals surface area contributed by atoms with Crippen LogP contribution in [0.25, 0.3) is 0 Å². The number of nitrogen functional groups attached to an aromatic ring is 1. The van der Waals surface area contributed by atoms with E-state index in [1.54, 1.807) is 11.3 Å². The van der Waals surface area contributed by atoms with Crippen molar-refractivity contribution < 1.29 is 0 Å². The van der Waals surface area contributed by atoms with E-state index in [-0.39, 0.29) is 0 Å². The Morgan fingerprint density at radius 2 is 1.75 bits per heavy atom. The molecule has 0 atom stereocenters. The van der Waals surface area contributed by atoms with E-state index in [0.717, 1.165) is 10.9 Å². The molecule has 1 aliphatic carbocycles. The van der Waals surface area contributed by atoms with Crippen LogP contribution in [0.4, 0.5) is 5.13 Å². The van der Waals surface area contributed by atoms with Gasteiger partial charge >= 0.3 is 0 Å². The third-order valence-corrected chi connectivity index (χ3v) is 4.67. The predicted molar refractivity (Wildman–Crippen MR) is 68.5 cm³/mol. The predicted octanol–water partition coefficient (Wildman–Crippen LogP) is 3.44. The molecule has 0 aromatic carbocycles. The zero-order valence-corrected chi connectivity index (χ0v) is 11.2. The van der Waals surface area contributed by atoms with Crippen molar-refractivity contribution in [2.45, 2.75) is 52.4 Å². The van der Waals surface area contributed by atoms with Crippen molar-refractivity contribution in [3.63, 3.8) is 0 Å². The molecule has 1 aliphatic rings. The number of nitrogens with zero attached hydrogens (tertiary/aromatic N) is 2. The second kappa shape index (κ2) is 4.32. The Bertz CT molecular complexity index is 345. The Labute approximate surface area is 101 Å². The summed E-state index contributed by atoms with van der Waals surface area (Å²) in [5.41, 5.74) is 6.08. The third kappa shape index (κ3) is 2.54. The van der Waals surface area contributed by atoms with Crippen LogP contribution in [0.15, 0.2) is 0 Å². The zero-order valence-electron chi connectivity index (χ0n) is 10.4. The van der Waals surface area contributed by atoms with Crippen LogP contribution in [-0.2, 0) is 0 Å². The van der Waals surface area contributed by atoms with Crippen LogP contribution in [-0.4, -0.2) is 10.2 Å². The molecule has 3 nitrogen and oxygen atoms in total. The topological polar surface area (TPSA) is 51.8 Å². The van der Waals surface area contributed by atoms with Gasteiger partial charge in [0, 0.05) is 5.92 Å². The van der Waals surface area contributed by atoms with E-state index in [1.165, 1.54) is 25.7 Å². The molecule has 1 saturated carbocycles. The van der Waals surface area contributed by atoms with Crippen molar-refractivity contribution in [1.82, 2.24) is 10.2 Å². The summed E-state index contributed by atoms with van der Waals surface area (Å²) in [6, 6.07) is 0. The molecular formula is C12H21N3S. The summed E-state index contributed by atoms with van der Waals surface area (Å²) < 4.78 is 0. The van der Waals surface area contributed by atoms with Crippen LogP contribution in [0.2, 0.25) is 0 Å². The number of hydrogen-bond acceptors (Lipinski definition) is 4. The molecule has 1 aromatic rings. The lowest BCUT2D eigenvalue weighted by Gasteiger charge is -2.36. The first-order valence-corrected chi connectivity index (χ1v) is 6.87. The molecule has 0 saturated heterocycles. The number of anilines is 1. The smallest absolute Gasteiger partial charge is 0.203 e. The number of aromatic nitrogens is 2. The van der Waals surface area contributed by atoms with Crippen LogP contribution < -0.4 is 5.73 Å². The molecule has 2 N–H and O–H groups in total. The molecule has 0 bridgehead atoms. The van der Waals surface area contributed by atoms with Crippen molar-refractivity contribution >= 4 is 16.5 Å². The normalized spacial score (nSPS) is 26.9. The van der Waals surface area contributed by atoms with E-state index in [1.807, 2.05) is 0 Å². The monoisotopic (exact) mass is 239 g/mol. The molecule has 90 valence electrons. The number of hydrogen-bond donors (Lipinski definition) is 1. The fourth-order valence-electron chi connectivity index (χ4n) is 2.62. The highest BCUT2D eigenvalue weighted by molar-refractivity contribution is 7.15. The molecule has 0 radical (unpaired) electrons. The summed E-state index contributed by atoms with van der Waals surface area (Å²) >= 11 is 1.56. The van der Waals surface area contributed by atoms with Gasteiger partial charge in [-0.25, -0.2) is 0 Å². The van der Waals surface area contributed by atoms with E-state index in [2.05, 4.69) is 31.0 Å². The van der Waals surface area contributed by atoms with Gasteiger partial charge in [0.1, 0.15) is 5.01 Å². The first-order chi connectivity index (χ1) is 7.47. The number of rotatable bonds is 1. The Hall–Kier alpha value is -0.640. The molecular weight excluding hydrogens is 218 g/mol. The van der Waals surface area contributed by atoms with Crippen molar-refractivity contribution in [2.75, 3.05) is 5.73 Å². The Morgan fingerprint density at radius 3 is 2.19 bits per heavy atom. The molecule has 1 aromatic heterocycles. The third-order valence-electron chi connectivity index (χ3n) is 3.76. The summed E-state index contributed by atoms with van der Waals surface area (Å²) in [7, 11) is 0. The highest BCUT2D eigenvalue weighted by Gasteiger charge is 2.31. The molecule has 0 aliphatic heterocycles. The van der Waals surface area contributed by atoms with Gasteiger partial charge in [-0.05, 0) is 37.0 Å². The summed E-state index contributed by atoms with van der Waals surface area (Å²) in [6.07, 6.45) is 5.12. The molecule has 1 heterocycles. The van der Waals surface area contributed by atoms with Gasteiger partial charge in [0.2, 0.25) is 5.13 Å². The Kier molecular flexibility index (Phi) is 3.19. The SMILES string of the molecule is CC(C)(C)C1CCC(c2nnc(N)s2)CC1. The summed E-state index contributed by atoms with van der Waals surface area (Å²) in [6.45, 7) is 7.04. The van der Waals surface area contributed by atoms with E-state index < -0.39 is 0 Å². The highest BCUT2D eigenvalue weighted by atomic mass is 32.1. The van der Waals surface area contributed by atoms with Crippen molar-refractivity contribution in [3.05, 3.63) is 5.01 Å². The average Bonchev–Trinajstić information content (AvgIpc) is 2.64. The lowest BCUT2D eigenvalue weighted by atomic mass is 9.70. The van der Waals surface area contributed by atoms with Crippen molar-refractivity contribution in [3.8, 4) is 0 Å². The summed E-state index contributed by atoms with van der Waals surface area (Å²) in [4.78, 5) is 0. The Balaban J connectivity index is 1.95. The van der Waals surface area contributed by atoms with Gasteiger partial charge in [0.25, 0.3) is 0 Å². The summed E-state index contributed by atoms with van der Waals surface area (Å²) in [5, 5.41) is 9.82. The minimum atomic E-state index is 0.450. The van der Waals surface area contributed by atoms with E-state index in [0.29, 0.717) is 16.5 Å². The molecule has 16 heavy (non-hydrogen) atoms. The van der Waals surface area contributed by atoms with Crippen LogP contribution in [0, 0.1) is 11.3 Å². The van der Waals surface area contributed by atoms with Crippen LogP contribution in [0.1, 0.15) is 57.4 Å². The highest BCUT2D eigenvalue weighted by Crippen LogP contribution is 2.43. The van der Waals surface area contributed by atoms with Crippen LogP contribution >= 0.6 is 11.3 Å². The van der Waals surface area contributed by atoms with Gasteiger partial charge < -0.3 is 5.73 Å². The minimum Gasteiger partial charge on any atom is -0.374 e. The molecule has 2 rings (SSSR count). The molecule has 0 spiro atoms. The largest absolute Gasteiger partial charge is 0.374 e. The molecule has 0 amide bonds. The second-order valence-electron chi connectivity index (χ2n) is 5.89. The lowest BCUT2D eigenvalue weighted by Crippen LogP contribution is -2.25. The van der Waals surface area contributed by atoms with Crippen LogP contribution in [0.5, 0.6) is 0 Å². The standard InChI is InChI=1S/C12H21N3S/c1-12(2,3)9-6-4-8(5-7-9)10-14-15-11(13)16-10/h8-9H,4-7H2,1-3H3,(H2,13,15). The fourth-order valence-corrected chi connectivity index (χ4v) is 3.40. The van der Waals surface area contributed by atoms with Gasteiger partial charge in [-0.3, -0.25) is 0 Å². The number of nitrogens with two attached hydrogens (primary N) is 1. The van der Waals surface area contributed by atoms with Gasteiger partial charge in [-0.2, -0.15) is 0 Å². The maximum absolute atomic E-state index is 5.63. The van der Waals surface area contributed by atoms with Crippen molar-refractivity contribution in [2.24, 2.45) is 11.3 Å². The van der Waals surface area contributed by atoms with E-state index >= 15 is 0 Å². The Morgan fingerprint density at radius 1 is 1.12 bits per heavy atom. The maximum Gasteiger partial charge on any atom is 0.203 e. The first-order valence-electron chi connectivity index (χ1n) is 6.05. The molecule has 1 fully saturated rings. The zero-order chi connectivity index (χ0) is 11.8. The van der Waals surface area contributed by atoms with Crippen LogP contribution in [0.3, 0.4) is 0 Å². The van der Waals surface area contributed by atoms with Gasteiger partial charge in [0.15, 0.2) is 0 Å². The van der Waals surface area contributed by atoms with Gasteiger partial charge in [-0.15, -0.1) is 10.2 Å². The minimum absolute atomic E-state index is 0.450. The van der Waals surface area contributed by atoms with E-state index in [4.69, 9.17) is 5.73 Å². The first kappa shape index (κ1) is 11.8. The molecule has 0 unspecified atom stereocenters. The molecule has 4 heteroatoms.